The van der Waals surface area contributed by atoms with Crippen LogP contribution in [0.15, 0.2) is 42.6 Å². The Morgan fingerprint density at radius 2 is 2.05 bits per heavy atom. The van der Waals surface area contributed by atoms with Crippen molar-refractivity contribution in [1.29, 1.82) is 0 Å². The number of methoxy groups -OCH3 is 1. The molecule has 21 heavy (non-hydrogen) atoms. The van der Waals surface area contributed by atoms with Crippen molar-refractivity contribution in [2.75, 3.05) is 17.6 Å². The van der Waals surface area contributed by atoms with Gasteiger partial charge in [-0.3, -0.25) is 9.71 Å². The normalized spacial score (nSPS) is 11.1. The summed E-state index contributed by atoms with van der Waals surface area (Å²) >= 11 is 0. The van der Waals surface area contributed by atoms with Crippen molar-refractivity contribution in [2.24, 2.45) is 0 Å². The van der Waals surface area contributed by atoms with Crippen LogP contribution < -0.4 is 9.46 Å². The summed E-state index contributed by atoms with van der Waals surface area (Å²) in [6.07, 6.45) is 1.90. The SMILES string of the molecule is COc1cccc(O)c1NS(=O)(=O)CCc1ccccn1. The van der Waals surface area contributed by atoms with Gasteiger partial charge in [-0.1, -0.05) is 12.1 Å². The Bertz CT molecular complexity index is 702. The number of phenolic OH excluding ortho intramolecular Hbond substituents is 1. The lowest BCUT2D eigenvalue weighted by atomic mass is 10.3. The van der Waals surface area contributed by atoms with Gasteiger partial charge in [0.15, 0.2) is 0 Å². The summed E-state index contributed by atoms with van der Waals surface area (Å²) in [5.74, 6) is -0.0613. The first-order chi connectivity index (χ1) is 10.0. The van der Waals surface area contributed by atoms with Gasteiger partial charge in [0, 0.05) is 18.3 Å². The first kappa shape index (κ1) is 15.1. The maximum absolute atomic E-state index is 12.1. The second kappa shape index (κ2) is 6.45. The van der Waals surface area contributed by atoms with Crippen LogP contribution in [0.5, 0.6) is 11.5 Å². The van der Waals surface area contributed by atoms with E-state index in [-0.39, 0.29) is 29.4 Å². The number of para-hydroxylation sites is 1. The van der Waals surface area contributed by atoms with E-state index >= 15 is 0 Å². The summed E-state index contributed by atoms with van der Waals surface area (Å²) in [6, 6.07) is 9.85. The van der Waals surface area contributed by atoms with Crippen LogP contribution >= 0.6 is 0 Å². The van der Waals surface area contributed by atoms with Gasteiger partial charge in [-0.25, -0.2) is 8.42 Å². The molecule has 6 nitrogen and oxygen atoms in total. The van der Waals surface area contributed by atoms with Gasteiger partial charge < -0.3 is 9.84 Å². The van der Waals surface area contributed by atoms with E-state index < -0.39 is 10.0 Å². The molecule has 1 aromatic heterocycles. The van der Waals surface area contributed by atoms with E-state index in [1.807, 2.05) is 0 Å². The van der Waals surface area contributed by atoms with Crippen molar-refractivity contribution in [3.05, 3.63) is 48.3 Å². The molecular weight excluding hydrogens is 292 g/mol. The maximum atomic E-state index is 12.1. The Labute approximate surface area is 123 Å². The van der Waals surface area contributed by atoms with Crippen molar-refractivity contribution in [2.45, 2.75) is 6.42 Å². The molecular formula is C14H16N2O4S. The van der Waals surface area contributed by atoms with E-state index in [2.05, 4.69) is 9.71 Å². The summed E-state index contributed by atoms with van der Waals surface area (Å²) in [5, 5.41) is 9.75. The second-order valence-electron chi connectivity index (χ2n) is 4.35. The van der Waals surface area contributed by atoms with Gasteiger partial charge in [-0.05, 0) is 24.3 Å². The number of phenols is 1. The highest BCUT2D eigenvalue weighted by Gasteiger charge is 2.17. The van der Waals surface area contributed by atoms with Crippen LogP contribution in [-0.2, 0) is 16.4 Å². The van der Waals surface area contributed by atoms with Gasteiger partial charge in [0.1, 0.15) is 17.2 Å². The Balaban J connectivity index is 2.11. The fourth-order valence-electron chi connectivity index (χ4n) is 1.78. The van der Waals surface area contributed by atoms with Crippen LogP contribution in [0.1, 0.15) is 5.69 Å². The highest BCUT2D eigenvalue weighted by Crippen LogP contribution is 2.34. The minimum Gasteiger partial charge on any atom is -0.506 e. The second-order valence-corrected chi connectivity index (χ2v) is 6.19. The molecule has 0 spiro atoms. The van der Waals surface area contributed by atoms with Crippen molar-refractivity contribution in [1.82, 2.24) is 4.98 Å². The summed E-state index contributed by atoms with van der Waals surface area (Å²) in [6.45, 7) is 0. The molecule has 0 unspecified atom stereocenters. The highest BCUT2D eigenvalue weighted by atomic mass is 32.2. The van der Waals surface area contributed by atoms with E-state index in [1.54, 1.807) is 36.5 Å². The Morgan fingerprint density at radius 3 is 2.71 bits per heavy atom. The molecule has 0 radical (unpaired) electrons. The fourth-order valence-corrected chi connectivity index (χ4v) is 2.88. The lowest BCUT2D eigenvalue weighted by Gasteiger charge is -2.13. The molecule has 0 atom stereocenters. The predicted octanol–water partition coefficient (Wildman–Crippen LogP) is 1.78. The first-order valence-corrected chi connectivity index (χ1v) is 7.93. The molecule has 2 rings (SSSR count). The van der Waals surface area contributed by atoms with Gasteiger partial charge in [0.05, 0.1) is 12.9 Å². The van der Waals surface area contributed by atoms with Crippen LogP contribution in [0.2, 0.25) is 0 Å². The Kier molecular flexibility index (Phi) is 4.64. The van der Waals surface area contributed by atoms with Crippen molar-refractivity contribution >= 4 is 15.7 Å². The maximum Gasteiger partial charge on any atom is 0.233 e. The summed E-state index contributed by atoms with van der Waals surface area (Å²) < 4.78 is 31.6. The van der Waals surface area contributed by atoms with Crippen molar-refractivity contribution < 1.29 is 18.3 Å². The Hall–Kier alpha value is -2.28. The Morgan fingerprint density at radius 1 is 1.24 bits per heavy atom. The third kappa shape index (κ3) is 4.09. The quantitative estimate of drug-likeness (QED) is 0.794. The van der Waals surface area contributed by atoms with Gasteiger partial charge in [0.25, 0.3) is 0 Å². The average molecular weight is 308 g/mol. The van der Waals surface area contributed by atoms with Crippen LogP contribution in [0.3, 0.4) is 0 Å². The molecule has 0 bridgehead atoms. The van der Waals surface area contributed by atoms with Crippen molar-refractivity contribution in [3.8, 4) is 11.5 Å². The minimum atomic E-state index is -3.62. The molecule has 0 aliphatic rings. The molecule has 112 valence electrons. The minimum absolute atomic E-state index is 0.0426. The average Bonchev–Trinajstić information content (AvgIpc) is 2.48. The van der Waals surface area contributed by atoms with Crippen LogP contribution in [0, 0.1) is 0 Å². The van der Waals surface area contributed by atoms with Crippen LogP contribution in [0.25, 0.3) is 0 Å². The zero-order valence-electron chi connectivity index (χ0n) is 11.5. The number of anilines is 1. The number of hydrogen-bond donors (Lipinski definition) is 2. The number of aromatic nitrogens is 1. The molecule has 1 aromatic carbocycles. The smallest absolute Gasteiger partial charge is 0.233 e. The third-order valence-corrected chi connectivity index (χ3v) is 4.09. The first-order valence-electron chi connectivity index (χ1n) is 6.28. The predicted molar refractivity (Wildman–Crippen MR) is 80.0 cm³/mol. The number of aryl methyl sites for hydroxylation is 1. The number of pyridine rings is 1. The van der Waals surface area contributed by atoms with Gasteiger partial charge in [0.2, 0.25) is 10.0 Å². The molecule has 0 aliphatic carbocycles. The number of nitrogens with one attached hydrogen (secondary N) is 1. The summed E-state index contributed by atoms with van der Waals surface area (Å²) in [5.41, 5.74) is 0.730. The topological polar surface area (TPSA) is 88.5 Å². The van der Waals surface area contributed by atoms with Crippen LogP contribution in [0.4, 0.5) is 5.69 Å². The highest BCUT2D eigenvalue weighted by molar-refractivity contribution is 7.92. The number of sulfonamides is 1. The number of ether oxygens (including phenoxy) is 1. The lowest BCUT2D eigenvalue weighted by molar-refractivity contribution is 0.411. The van der Waals surface area contributed by atoms with E-state index in [9.17, 15) is 13.5 Å². The number of aromatic hydroxyl groups is 1. The molecule has 0 fully saturated rings. The number of benzene rings is 1. The molecule has 0 saturated carbocycles. The summed E-state index contributed by atoms with van der Waals surface area (Å²) in [7, 11) is -2.21. The molecule has 2 N–H and O–H groups in total. The lowest BCUT2D eigenvalue weighted by Crippen LogP contribution is -2.19. The summed E-state index contributed by atoms with van der Waals surface area (Å²) in [4.78, 5) is 4.07. The van der Waals surface area contributed by atoms with E-state index in [4.69, 9.17) is 4.74 Å². The van der Waals surface area contributed by atoms with Crippen molar-refractivity contribution in [3.63, 3.8) is 0 Å². The molecule has 1 heterocycles. The monoisotopic (exact) mass is 308 g/mol. The third-order valence-electron chi connectivity index (χ3n) is 2.83. The van der Waals surface area contributed by atoms with E-state index in [1.165, 1.54) is 13.2 Å². The van der Waals surface area contributed by atoms with Gasteiger partial charge in [-0.2, -0.15) is 0 Å². The van der Waals surface area contributed by atoms with Crippen LogP contribution in [-0.4, -0.2) is 31.4 Å². The molecule has 0 saturated heterocycles. The van der Waals surface area contributed by atoms with E-state index in [0.29, 0.717) is 5.69 Å². The molecule has 7 heteroatoms. The van der Waals surface area contributed by atoms with E-state index in [0.717, 1.165) is 0 Å². The molecule has 0 aliphatic heterocycles. The number of hydrogen-bond acceptors (Lipinski definition) is 5. The number of rotatable bonds is 6. The largest absolute Gasteiger partial charge is 0.506 e. The molecule has 0 amide bonds. The van der Waals surface area contributed by atoms with Gasteiger partial charge in [-0.15, -0.1) is 0 Å². The zero-order chi connectivity index (χ0) is 15.3. The number of nitrogens with zero attached hydrogens (tertiary/aromatic N) is 1. The van der Waals surface area contributed by atoms with Gasteiger partial charge >= 0.3 is 0 Å². The standard InChI is InChI=1S/C14H16N2O4S/c1-20-13-7-4-6-12(17)14(13)16-21(18,19)10-8-11-5-2-3-9-15-11/h2-7,9,16-17H,8,10H2,1H3. The molecule has 2 aromatic rings. The fraction of sp³-hybridized carbons (Fsp3) is 0.214. The zero-order valence-corrected chi connectivity index (χ0v) is 12.3.